The first-order valence-electron chi connectivity index (χ1n) is 8.69. The molecule has 2 aromatic carbocycles. The molecular formula is C19H21NO6S. The number of sulfone groups is 1. The lowest BCUT2D eigenvalue weighted by Crippen LogP contribution is -2.43. The molecule has 3 rings (SSSR count). The van der Waals surface area contributed by atoms with Crippen molar-refractivity contribution in [1.82, 2.24) is 4.90 Å². The molecule has 2 aromatic rings. The molecule has 0 aromatic heterocycles. The fourth-order valence-electron chi connectivity index (χ4n) is 3.34. The van der Waals surface area contributed by atoms with Gasteiger partial charge in [-0.05, 0) is 36.2 Å². The second kappa shape index (κ2) is 7.56. The van der Waals surface area contributed by atoms with E-state index in [1.54, 1.807) is 13.0 Å². The maximum atomic E-state index is 12.4. The van der Waals surface area contributed by atoms with Crippen LogP contribution in [0.5, 0.6) is 5.75 Å². The third-order valence-corrected chi connectivity index (χ3v) is 6.47. The first-order valence-corrected chi connectivity index (χ1v) is 10.5. The van der Waals surface area contributed by atoms with Crippen LogP contribution in [-0.4, -0.2) is 61.0 Å². The molecule has 144 valence electrons. The predicted octanol–water partition coefficient (Wildman–Crippen LogP) is 1.74. The normalized spacial score (nSPS) is 18.3. The molecule has 1 heterocycles. The van der Waals surface area contributed by atoms with Gasteiger partial charge in [0.05, 0.1) is 11.5 Å². The molecule has 0 saturated carbocycles. The Labute approximate surface area is 157 Å². The molecule has 1 amide bonds. The number of esters is 1. The van der Waals surface area contributed by atoms with E-state index in [9.17, 15) is 23.1 Å². The number of hydrogen-bond acceptors (Lipinski definition) is 6. The van der Waals surface area contributed by atoms with Gasteiger partial charge in [0, 0.05) is 12.6 Å². The lowest BCUT2D eigenvalue weighted by molar-refractivity contribution is -0.136. The van der Waals surface area contributed by atoms with Crippen molar-refractivity contribution in [2.24, 2.45) is 0 Å². The molecule has 1 aliphatic heterocycles. The van der Waals surface area contributed by atoms with E-state index in [2.05, 4.69) is 0 Å². The number of fused-ring (bicyclic) bond motifs is 1. The molecule has 0 spiro atoms. The highest BCUT2D eigenvalue weighted by Gasteiger charge is 2.34. The third-order valence-electron chi connectivity index (χ3n) is 4.72. The quantitative estimate of drug-likeness (QED) is 0.779. The van der Waals surface area contributed by atoms with Gasteiger partial charge in [-0.3, -0.25) is 4.79 Å². The molecule has 7 nitrogen and oxygen atoms in total. The second-order valence-electron chi connectivity index (χ2n) is 6.53. The summed E-state index contributed by atoms with van der Waals surface area (Å²) in [6, 6.07) is 9.83. The van der Waals surface area contributed by atoms with Gasteiger partial charge in [0.15, 0.2) is 16.4 Å². The van der Waals surface area contributed by atoms with Crippen LogP contribution in [0.3, 0.4) is 0 Å². The monoisotopic (exact) mass is 391 g/mol. The molecule has 1 saturated heterocycles. The van der Waals surface area contributed by atoms with Gasteiger partial charge in [0.1, 0.15) is 11.3 Å². The third kappa shape index (κ3) is 4.21. The number of amides is 1. The number of phenolic OH excluding ortho intramolecular Hbond substituents is 1. The van der Waals surface area contributed by atoms with Gasteiger partial charge in [0.2, 0.25) is 0 Å². The van der Waals surface area contributed by atoms with Crippen molar-refractivity contribution in [2.75, 3.05) is 24.7 Å². The van der Waals surface area contributed by atoms with E-state index in [4.69, 9.17) is 4.74 Å². The van der Waals surface area contributed by atoms with Gasteiger partial charge in [-0.15, -0.1) is 0 Å². The molecule has 0 aliphatic carbocycles. The van der Waals surface area contributed by atoms with Crippen LogP contribution < -0.4 is 0 Å². The van der Waals surface area contributed by atoms with Crippen LogP contribution in [0.2, 0.25) is 0 Å². The highest BCUT2D eigenvalue weighted by atomic mass is 32.2. The first kappa shape index (κ1) is 19.2. The number of carbonyl (C=O) groups excluding carboxylic acids is 2. The van der Waals surface area contributed by atoms with E-state index in [1.165, 1.54) is 17.0 Å². The van der Waals surface area contributed by atoms with Crippen LogP contribution in [0.25, 0.3) is 10.8 Å². The minimum absolute atomic E-state index is 0.0204. The Kier molecular flexibility index (Phi) is 5.36. The van der Waals surface area contributed by atoms with Crippen molar-refractivity contribution in [3.8, 4) is 5.75 Å². The molecule has 0 bridgehead atoms. The number of likely N-dealkylation sites (N-methyl/N-ethyl adjacent to an activating group) is 1. The number of benzene rings is 2. The summed E-state index contributed by atoms with van der Waals surface area (Å²) in [6.07, 6.45) is 0.390. The summed E-state index contributed by atoms with van der Waals surface area (Å²) >= 11 is 0. The summed E-state index contributed by atoms with van der Waals surface area (Å²) < 4.78 is 28.3. The molecule has 0 unspecified atom stereocenters. The van der Waals surface area contributed by atoms with Gasteiger partial charge in [-0.1, -0.05) is 24.3 Å². The number of rotatable bonds is 5. The summed E-state index contributed by atoms with van der Waals surface area (Å²) in [5.74, 6) is -1.48. The number of ether oxygens (including phenoxy) is 1. The Morgan fingerprint density at radius 2 is 1.89 bits per heavy atom. The van der Waals surface area contributed by atoms with E-state index >= 15 is 0 Å². The molecule has 1 atom stereocenters. The molecular weight excluding hydrogens is 370 g/mol. The average Bonchev–Trinajstić information content (AvgIpc) is 2.99. The number of nitrogens with zero attached hydrogens (tertiary/aromatic N) is 1. The standard InChI is InChI=1S/C19H21NO6S/c1-2-20(15-7-8-27(24,25)12-15)18(22)11-26-19(23)16-9-13-5-3-4-6-14(13)10-17(16)21/h3-6,9-10,15,21H,2,7-8,11-12H2,1H3/t15-/m0/s1. The van der Waals surface area contributed by atoms with E-state index in [0.717, 1.165) is 10.8 Å². The van der Waals surface area contributed by atoms with Crippen LogP contribution in [-0.2, 0) is 19.4 Å². The Morgan fingerprint density at radius 1 is 1.22 bits per heavy atom. The van der Waals surface area contributed by atoms with Gasteiger partial charge >= 0.3 is 5.97 Å². The zero-order chi connectivity index (χ0) is 19.6. The molecule has 8 heteroatoms. The summed E-state index contributed by atoms with van der Waals surface area (Å²) in [5.41, 5.74) is -0.0204. The van der Waals surface area contributed by atoms with Crippen LogP contribution in [0.1, 0.15) is 23.7 Å². The van der Waals surface area contributed by atoms with Crippen molar-refractivity contribution >= 4 is 32.5 Å². The van der Waals surface area contributed by atoms with Crippen LogP contribution in [0.15, 0.2) is 36.4 Å². The number of aromatic hydroxyl groups is 1. The summed E-state index contributed by atoms with van der Waals surface area (Å²) in [6.45, 7) is 1.58. The zero-order valence-electron chi connectivity index (χ0n) is 14.9. The highest BCUT2D eigenvalue weighted by Crippen LogP contribution is 2.25. The highest BCUT2D eigenvalue weighted by molar-refractivity contribution is 7.91. The number of hydrogen-bond donors (Lipinski definition) is 1. The molecule has 27 heavy (non-hydrogen) atoms. The van der Waals surface area contributed by atoms with E-state index < -0.39 is 28.3 Å². The molecule has 1 N–H and O–H groups in total. The largest absolute Gasteiger partial charge is 0.507 e. The van der Waals surface area contributed by atoms with E-state index in [1.807, 2.05) is 18.2 Å². The molecule has 1 fully saturated rings. The molecule has 1 aliphatic rings. The van der Waals surface area contributed by atoms with Crippen LogP contribution in [0.4, 0.5) is 0 Å². The van der Waals surface area contributed by atoms with Crippen molar-refractivity contribution in [2.45, 2.75) is 19.4 Å². The van der Waals surface area contributed by atoms with Crippen LogP contribution >= 0.6 is 0 Å². The Morgan fingerprint density at radius 3 is 2.48 bits per heavy atom. The van der Waals surface area contributed by atoms with Gasteiger partial charge in [0.25, 0.3) is 5.91 Å². The summed E-state index contributed by atoms with van der Waals surface area (Å²) in [7, 11) is -3.12. The zero-order valence-corrected chi connectivity index (χ0v) is 15.7. The first-order chi connectivity index (χ1) is 12.8. The maximum absolute atomic E-state index is 12.4. The topological polar surface area (TPSA) is 101 Å². The lowest BCUT2D eigenvalue weighted by atomic mass is 10.1. The smallest absolute Gasteiger partial charge is 0.342 e. The predicted molar refractivity (Wildman–Crippen MR) is 100 cm³/mol. The fraction of sp³-hybridized carbons (Fsp3) is 0.368. The summed E-state index contributed by atoms with van der Waals surface area (Å²) in [5, 5.41) is 11.6. The lowest BCUT2D eigenvalue weighted by Gasteiger charge is -2.26. The number of carbonyl (C=O) groups is 2. The average molecular weight is 391 g/mol. The van der Waals surface area contributed by atoms with Gasteiger partial charge in [-0.2, -0.15) is 0 Å². The summed E-state index contributed by atoms with van der Waals surface area (Å²) in [4.78, 5) is 26.1. The maximum Gasteiger partial charge on any atom is 0.342 e. The fourth-order valence-corrected chi connectivity index (χ4v) is 5.07. The Bertz CT molecular complexity index is 985. The SMILES string of the molecule is CCN(C(=O)COC(=O)c1cc2ccccc2cc1O)[C@H]1CCS(=O)(=O)C1. The van der Waals surface area contributed by atoms with Crippen LogP contribution in [0, 0.1) is 0 Å². The van der Waals surface area contributed by atoms with E-state index in [-0.39, 0.29) is 28.9 Å². The van der Waals surface area contributed by atoms with Crippen molar-refractivity contribution in [3.63, 3.8) is 0 Å². The minimum Gasteiger partial charge on any atom is -0.507 e. The van der Waals surface area contributed by atoms with E-state index in [0.29, 0.717) is 13.0 Å². The van der Waals surface area contributed by atoms with Crippen molar-refractivity contribution in [1.29, 1.82) is 0 Å². The molecule has 0 radical (unpaired) electrons. The Hall–Kier alpha value is -2.61. The number of phenols is 1. The van der Waals surface area contributed by atoms with Gasteiger partial charge in [-0.25, -0.2) is 13.2 Å². The minimum atomic E-state index is -3.12. The Balaban J connectivity index is 1.68. The second-order valence-corrected chi connectivity index (χ2v) is 8.76. The van der Waals surface area contributed by atoms with Crippen molar-refractivity contribution < 1.29 is 27.9 Å². The van der Waals surface area contributed by atoms with Crippen molar-refractivity contribution in [3.05, 3.63) is 42.0 Å². The van der Waals surface area contributed by atoms with Gasteiger partial charge < -0.3 is 14.7 Å².